The molecule has 0 aliphatic carbocycles. The SMILES string of the molecule is NC(O)CCCSS. The Labute approximate surface area is 58.6 Å². The Morgan fingerprint density at radius 1 is 1.75 bits per heavy atom. The predicted octanol–water partition coefficient (Wildman–Crippen LogP) is 0.622. The largest absolute Gasteiger partial charge is 0.379 e. The lowest BCUT2D eigenvalue weighted by Crippen LogP contribution is -2.18. The zero-order chi connectivity index (χ0) is 6.41. The summed E-state index contributed by atoms with van der Waals surface area (Å²) in [5, 5.41) is 8.52. The van der Waals surface area contributed by atoms with Crippen molar-refractivity contribution in [3.05, 3.63) is 0 Å². The van der Waals surface area contributed by atoms with Crippen molar-refractivity contribution in [2.75, 3.05) is 5.75 Å². The molecule has 0 aromatic carbocycles. The van der Waals surface area contributed by atoms with Crippen LogP contribution in [0.2, 0.25) is 0 Å². The highest BCUT2D eigenvalue weighted by molar-refractivity contribution is 8.68. The van der Waals surface area contributed by atoms with Gasteiger partial charge in [-0.3, -0.25) is 0 Å². The summed E-state index contributed by atoms with van der Waals surface area (Å²) in [5.41, 5.74) is 5.05. The zero-order valence-corrected chi connectivity index (χ0v) is 6.29. The molecule has 2 nitrogen and oxygen atoms in total. The minimum Gasteiger partial charge on any atom is -0.379 e. The van der Waals surface area contributed by atoms with E-state index in [1.54, 1.807) is 0 Å². The van der Waals surface area contributed by atoms with Gasteiger partial charge >= 0.3 is 0 Å². The van der Waals surface area contributed by atoms with E-state index >= 15 is 0 Å². The first kappa shape index (κ1) is 8.62. The Bertz CT molecular complexity index is 51.3. The van der Waals surface area contributed by atoms with Crippen molar-refractivity contribution < 1.29 is 5.11 Å². The van der Waals surface area contributed by atoms with E-state index in [0.29, 0.717) is 6.42 Å². The van der Waals surface area contributed by atoms with Crippen molar-refractivity contribution in [1.82, 2.24) is 0 Å². The van der Waals surface area contributed by atoms with Crippen LogP contribution < -0.4 is 5.73 Å². The maximum absolute atomic E-state index is 8.52. The Balaban J connectivity index is 2.72. The first-order valence-electron chi connectivity index (χ1n) is 2.47. The quantitative estimate of drug-likeness (QED) is 0.240. The molecule has 8 heavy (non-hydrogen) atoms. The maximum Gasteiger partial charge on any atom is 0.102 e. The summed E-state index contributed by atoms with van der Waals surface area (Å²) in [7, 11) is 1.47. The minimum absolute atomic E-state index is 0.643. The van der Waals surface area contributed by atoms with E-state index in [1.807, 2.05) is 0 Å². The summed E-state index contributed by atoms with van der Waals surface area (Å²) in [6, 6.07) is 0. The van der Waals surface area contributed by atoms with Gasteiger partial charge in [0.25, 0.3) is 0 Å². The fraction of sp³-hybridized carbons (Fsp3) is 1.00. The van der Waals surface area contributed by atoms with Gasteiger partial charge in [-0.2, -0.15) is 0 Å². The summed E-state index contributed by atoms with van der Waals surface area (Å²) in [5.74, 6) is 0.956. The van der Waals surface area contributed by atoms with Crippen LogP contribution in [0.4, 0.5) is 0 Å². The fourth-order valence-electron chi connectivity index (χ4n) is 0.357. The third-order valence-corrected chi connectivity index (χ3v) is 1.75. The van der Waals surface area contributed by atoms with E-state index in [2.05, 4.69) is 11.7 Å². The average molecular weight is 153 g/mol. The van der Waals surface area contributed by atoms with Crippen LogP contribution in [-0.2, 0) is 0 Å². The Morgan fingerprint density at radius 3 is 2.75 bits per heavy atom. The molecule has 1 atom stereocenters. The van der Waals surface area contributed by atoms with Crippen molar-refractivity contribution in [2.24, 2.45) is 5.73 Å². The Kier molecular flexibility index (Phi) is 6.20. The van der Waals surface area contributed by atoms with E-state index < -0.39 is 6.23 Å². The molecule has 0 fully saturated rings. The molecule has 50 valence electrons. The van der Waals surface area contributed by atoms with Gasteiger partial charge in [0.05, 0.1) is 0 Å². The second-order valence-electron chi connectivity index (χ2n) is 1.54. The van der Waals surface area contributed by atoms with Crippen molar-refractivity contribution in [2.45, 2.75) is 19.1 Å². The molecule has 0 aliphatic rings. The number of nitrogens with two attached hydrogens (primary N) is 1. The second kappa shape index (κ2) is 5.75. The van der Waals surface area contributed by atoms with Gasteiger partial charge in [0.15, 0.2) is 0 Å². The number of aliphatic hydroxyl groups excluding tert-OH is 1. The zero-order valence-electron chi connectivity index (χ0n) is 4.58. The summed E-state index contributed by atoms with van der Waals surface area (Å²) in [6.07, 6.45) is 0.967. The van der Waals surface area contributed by atoms with E-state index in [1.165, 1.54) is 10.8 Å². The summed E-state index contributed by atoms with van der Waals surface area (Å²) in [6.45, 7) is 0. The van der Waals surface area contributed by atoms with Crippen LogP contribution in [0.5, 0.6) is 0 Å². The molecule has 3 N–H and O–H groups in total. The summed E-state index contributed by atoms with van der Waals surface area (Å²) in [4.78, 5) is 0. The third kappa shape index (κ3) is 6.62. The molecular weight excluding hydrogens is 142 g/mol. The fourth-order valence-corrected chi connectivity index (χ4v) is 1.04. The Morgan fingerprint density at radius 2 is 2.38 bits per heavy atom. The van der Waals surface area contributed by atoms with Gasteiger partial charge < -0.3 is 10.8 Å². The third-order valence-electron chi connectivity index (χ3n) is 0.736. The van der Waals surface area contributed by atoms with Gasteiger partial charge in [0.2, 0.25) is 0 Å². The Hall–Kier alpha value is 0.620. The molecule has 0 rings (SSSR count). The lowest BCUT2D eigenvalue weighted by molar-refractivity contribution is 0.171. The van der Waals surface area contributed by atoms with Crippen molar-refractivity contribution in [1.29, 1.82) is 0 Å². The van der Waals surface area contributed by atoms with Crippen LogP contribution in [0.1, 0.15) is 12.8 Å². The topological polar surface area (TPSA) is 46.2 Å². The van der Waals surface area contributed by atoms with Crippen molar-refractivity contribution in [3.8, 4) is 0 Å². The lowest BCUT2D eigenvalue weighted by Gasteiger charge is -1.99. The monoisotopic (exact) mass is 153 g/mol. The van der Waals surface area contributed by atoms with Gasteiger partial charge in [-0.15, -0.1) is 11.7 Å². The predicted molar refractivity (Wildman–Crippen MR) is 40.9 cm³/mol. The number of hydrogen-bond donors (Lipinski definition) is 3. The highest BCUT2D eigenvalue weighted by atomic mass is 33.1. The highest BCUT2D eigenvalue weighted by Crippen LogP contribution is 2.07. The molecule has 0 bridgehead atoms. The van der Waals surface area contributed by atoms with Gasteiger partial charge in [-0.1, -0.05) is 10.8 Å². The first-order valence-corrected chi connectivity index (χ1v) is 4.51. The van der Waals surface area contributed by atoms with Gasteiger partial charge in [0.1, 0.15) is 6.23 Å². The number of rotatable bonds is 4. The molecular formula is C4H11NOS2. The van der Waals surface area contributed by atoms with Crippen LogP contribution in [0.25, 0.3) is 0 Å². The molecule has 0 aromatic heterocycles. The number of thiol groups is 1. The maximum atomic E-state index is 8.52. The second-order valence-corrected chi connectivity index (χ2v) is 2.98. The van der Waals surface area contributed by atoms with E-state index in [4.69, 9.17) is 10.8 Å². The number of aliphatic hydroxyl groups is 1. The summed E-state index contributed by atoms with van der Waals surface area (Å²) >= 11 is 3.92. The van der Waals surface area contributed by atoms with Crippen LogP contribution in [0, 0.1) is 0 Å². The summed E-state index contributed by atoms with van der Waals surface area (Å²) < 4.78 is 0. The van der Waals surface area contributed by atoms with Gasteiger partial charge in [0, 0.05) is 5.75 Å². The van der Waals surface area contributed by atoms with E-state index in [9.17, 15) is 0 Å². The first-order chi connectivity index (χ1) is 3.77. The molecule has 0 radical (unpaired) electrons. The molecule has 0 aromatic rings. The van der Waals surface area contributed by atoms with Crippen LogP contribution >= 0.6 is 22.5 Å². The molecule has 0 saturated heterocycles. The van der Waals surface area contributed by atoms with E-state index in [0.717, 1.165) is 12.2 Å². The highest BCUT2D eigenvalue weighted by Gasteiger charge is 1.92. The smallest absolute Gasteiger partial charge is 0.102 e. The number of hydrogen-bond acceptors (Lipinski definition) is 4. The van der Waals surface area contributed by atoms with Crippen LogP contribution in [0.15, 0.2) is 0 Å². The van der Waals surface area contributed by atoms with Crippen molar-refractivity contribution in [3.63, 3.8) is 0 Å². The molecule has 0 amide bonds. The molecule has 0 spiro atoms. The van der Waals surface area contributed by atoms with Gasteiger partial charge in [-0.05, 0) is 12.8 Å². The molecule has 0 aliphatic heterocycles. The van der Waals surface area contributed by atoms with Crippen molar-refractivity contribution >= 4 is 22.5 Å². The van der Waals surface area contributed by atoms with E-state index in [-0.39, 0.29) is 0 Å². The molecule has 4 heteroatoms. The normalized spacial score (nSPS) is 13.9. The minimum atomic E-state index is -0.643. The molecule has 0 saturated carbocycles. The molecule has 0 heterocycles. The molecule has 1 unspecified atom stereocenters. The standard InChI is InChI=1S/C4H11NOS2/c5-4(6)2-1-3-8-7/h4,6-7H,1-3,5H2. The van der Waals surface area contributed by atoms with Crippen LogP contribution in [0.3, 0.4) is 0 Å². The average Bonchev–Trinajstić information content (AvgIpc) is 1.66. The van der Waals surface area contributed by atoms with Crippen LogP contribution in [-0.4, -0.2) is 17.1 Å². The van der Waals surface area contributed by atoms with Gasteiger partial charge in [-0.25, -0.2) is 0 Å². The lowest BCUT2D eigenvalue weighted by atomic mass is 10.3.